The molecule has 0 aliphatic rings. The Morgan fingerprint density at radius 1 is 1.15 bits per heavy atom. The van der Waals surface area contributed by atoms with E-state index in [-0.39, 0.29) is 5.76 Å². The summed E-state index contributed by atoms with van der Waals surface area (Å²) in [4.78, 5) is 0. The van der Waals surface area contributed by atoms with Crippen LogP contribution in [0, 0.1) is 5.92 Å². The van der Waals surface area contributed by atoms with E-state index >= 15 is 0 Å². The zero-order valence-electron chi connectivity index (χ0n) is 12.8. The first-order valence-corrected chi connectivity index (χ1v) is 9.96. The van der Waals surface area contributed by atoms with Crippen molar-refractivity contribution in [2.45, 2.75) is 22.6 Å². The lowest BCUT2D eigenvalue weighted by atomic mass is 10.00. The van der Waals surface area contributed by atoms with E-state index < -0.39 is 55.6 Å². The van der Waals surface area contributed by atoms with Gasteiger partial charge in [0.25, 0.3) is 0 Å². The molecule has 7 nitrogen and oxygen atoms in total. The number of rotatable bonds is 7. The van der Waals surface area contributed by atoms with Crippen LogP contribution in [0.4, 0.5) is 26.3 Å². The smallest absolute Gasteiger partial charge is 0.726 e. The highest BCUT2D eigenvalue weighted by Crippen LogP contribution is 2.42. The van der Waals surface area contributed by atoms with Crippen LogP contribution >= 0.6 is 22.9 Å². The summed E-state index contributed by atoms with van der Waals surface area (Å²) in [5.74, 6) is -4.35. The van der Waals surface area contributed by atoms with Gasteiger partial charge in [0.05, 0.1) is 17.0 Å². The molecular formula is C9H8ClF6NO6S3. The molecule has 0 aromatic carbocycles. The second-order valence-electron chi connectivity index (χ2n) is 4.54. The SMILES string of the molecule is O=S(=O)([O-])OC[C@H](NS(=O)(=O)c1ccc(Cl)s1)C(C(F)(F)F)C(F)(F)F.[H+]. The molecule has 1 rings (SSSR count). The average molecular weight is 472 g/mol. The lowest BCUT2D eigenvalue weighted by Gasteiger charge is -2.30. The lowest BCUT2D eigenvalue weighted by Crippen LogP contribution is -2.54. The van der Waals surface area contributed by atoms with Gasteiger partial charge in [-0.3, -0.25) is 4.18 Å². The van der Waals surface area contributed by atoms with Crippen molar-refractivity contribution in [3.8, 4) is 0 Å². The molecule has 1 aromatic heterocycles. The minimum absolute atomic E-state index is 0. The molecular weight excluding hydrogens is 464 g/mol. The molecule has 0 radical (unpaired) electrons. The molecule has 17 heteroatoms. The van der Waals surface area contributed by atoms with Crippen LogP contribution in [0.5, 0.6) is 0 Å². The van der Waals surface area contributed by atoms with Crippen molar-refractivity contribution in [1.82, 2.24) is 4.72 Å². The molecule has 0 spiro atoms. The summed E-state index contributed by atoms with van der Waals surface area (Å²) in [5.41, 5.74) is 0. The van der Waals surface area contributed by atoms with Crippen LogP contribution < -0.4 is 4.72 Å². The fourth-order valence-corrected chi connectivity index (χ4v) is 4.74. The van der Waals surface area contributed by atoms with Crippen LogP contribution in [-0.2, 0) is 24.6 Å². The fourth-order valence-electron chi connectivity index (χ4n) is 1.70. The van der Waals surface area contributed by atoms with Crippen molar-refractivity contribution in [3.63, 3.8) is 0 Å². The number of hydrogen-bond donors (Lipinski definition) is 1. The Labute approximate surface area is 153 Å². The molecule has 0 unspecified atom stereocenters. The summed E-state index contributed by atoms with van der Waals surface area (Å²) >= 11 is 5.77. The van der Waals surface area contributed by atoms with Crippen LogP contribution in [0.2, 0.25) is 4.34 Å². The van der Waals surface area contributed by atoms with E-state index in [0.29, 0.717) is 11.3 Å². The van der Waals surface area contributed by atoms with Crippen LogP contribution in [0.15, 0.2) is 16.3 Å². The topological polar surface area (TPSA) is 113 Å². The number of halogens is 7. The predicted molar refractivity (Wildman–Crippen MR) is 75.8 cm³/mol. The van der Waals surface area contributed by atoms with Gasteiger partial charge in [0.2, 0.25) is 20.4 Å². The van der Waals surface area contributed by atoms with Gasteiger partial charge in [-0.05, 0) is 12.1 Å². The van der Waals surface area contributed by atoms with Crippen molar-refractivity contribution >= 4 is 43.4 Å². The van der Waals surface area contributed by atoms with Gasteiger partial charge >= 0.3 is 13.8 Å². The van der Waals surface area contributed by atoms with Gasteiger partial charge in [-0.1, -0.05) is 11.6 Å². The molecule has 0 saturated carbocycles. The summed E-state index contributed by atoms with van der Waals surface area (Å²) < 4.78 is 135. The highest BCUT2D eigenvalue weighted by molar-refractivity contribution is 7.91. The maximum atomic E-state index is 12.8. The first kappa shape index (κ1) is 23.4. The van der Waals surface area contributed by atoms with Crippen molar-refractivity contribution < 1.29 is 53.3 Å². The van der Waals surface area contributed by atoms with Crippen molar-refractivity contribution in [2.24, 2.45) is 5.92 Å². The lowest BCUT2D eigenvalue weighted by molar-refractivity contribution is -0.291. The Hall–Kier alpha value is -0.650. The van der Waals surface area contributed by atoms with E-state index in [9.17, 15) is 47.7 Å². The largest absolute Gasteiger partial charge is 1.00 e. The molecule has 152 valence electrons. The normalized spacial score (nSPS) is 15.4. The van der Waals surface area contributed by atoms with E-state index in [1.165, 1.54) is 0 Å². The summed E-state index contributed by atoms with van der Waals surface area (Å²) in [6.07, 6.45) is -12.1. The quantitative estimate of drug-likeness (QED) is 0.371. The van der Waals surface area contributed by atoms with Gasteiger partial charge in [-0.25, -0.2) is 21.6 Å². The van der Waals surface area contributed by atoms with Crippen LogP contribution in [0.25, 0.3) is 0 Å². The fraction of sp³-hybridized carbons (Fsp3) is 0.556. The summed E-state index contributed by atoms with van der Waals surface area (Å²) in [6, 6.07) is -1.38. The predicted octanol–water partition coefficient (Wildman–Crippen LogP) is 2.38. The van der Waals surface area contributed by atoms with Crippen molar-refractivity contribution in [3.05, 3.63) is 16.5 Å². The highest BCUT2D eigenvalue weighted by Gasteiger charge is 2.61. The Balaban J connectivity index is 0.00000676. The second kappa shape index (κ2) is 7.76. The van der Waals surface area contributed by atoms with Gasteiger partial charge in [0.15, 0.2) is 5.92 Å². The van der Waals surface area contributed by atoms with Crippen LogP contribution in [0.1, 0.15) is 1.43 Å². The van der Waals surface area contributed by atoms with Gasteiger partial charge in [-0.15, -0.1) is 11.3 Å². The van der Waals surface area contributed by atoms with Gasteiger partial charge < -0.3 is 4.55 Å². The molecule has 1 aromatic rings. The number of thiophene rings is 1. The summed E-state index contributed by atoms with van der Waals surface area (Å²) in [5, 5.41) is 0. The molecule has 0 saturated heterocycles. The highest BCUT2D eigenvalue weighted by atomic mass is 35.5. The molecule has 1 atom stereocenters. The third kappa shape index (κ3) is 6.82. The number of nitrogens with one attached hydrogen (secondary N) is 1. The van der Waals surface area contributed by atoms with Crippen molar-refractivity contribution in [1.29, 1.82) is 0 Å². The van der Waals surface area contributed by atoms with E-state index in [2.05, 4.69) is 4.18 Å². The monoisotopic (exact) mass is 471 g/mol. The molecule has 0 bridgehead atoms. The Morgan fingerprint density at radius 3 is 2.00 bits per heavy atom. The minimum atomic E-state index is -6.03. The standard InChI is InChI=1S/C9H8ClF6NO6S3/c10-5-1-2-6(24-5)25(18,19)17-4(3-23-26(20,21)22)7(8(11,12)13)9(14,15)16/h1-2,4,7,17H,3H2,(H,20,21,22)/t4-/m0/s1. The van der Waals surface area contributed by atoms with Gasteiger partial charge in [0.1, 0.15) is 4.21 Å². The molecule has 26 heavy (non-hydrogen) atoms. The minimum Gasteiger partial charge on any atom is -0.726 e. The summed E-state index contributed by atoms with van der Waals surface area (Å²) in [7, 11) is -10.7. The number of hydrogen-bond acceptors (Lipinski definition) is 7. The Morgan fingerprint density at radius 2 is 1.65 bits per heavy atom. The van der Waals surface area contributed by atoms with Gasteiger partial charge in [-0.2, -0.15) is 26.3 Å². The number of sulfonamides is 1. The molecule has 0 fully saturated rings. The van der Waals surface area contributed by atoms with Crippen LogP contribution in [-0.4, -0.2) is 46.4 Å². The number of alkyl halides is 6. The average Bonchev–Trinajstić information content (AvgIpc) is 2.79. The Kier molecular flexibility index (Phi) is 6.99. The summed E-state index contributed by atoms with van der Waals surface area (Å²) in [6.45, 7) is -2.03. The van der Waals surface area contributed by atoms with E-state index in [1.54, 1.807) is 0 Å². The first-order valence-electron chi connectivity index (χ1n) is 5.95. The molecule has 1 heterocycles. The van der Waals surface area contributed by atoms with Gasteiger partial charge in [0, 0.05) is 0 Å². The third-order valence-corrected chi connectivity index (χ3v) is 6.26. The molecule has 0 amide bonds. The molecule has 1 N–H and O–H groups in total. The van der Waals surface area contributed by atoms with Crippen molar-refractivity contribution in [2.75, 3.05) is 6.61 Å². The van der Waals surface area contributed by atoms with E-state index in [4.69, 9.17) is 11.6 Å². The van der Waals surface area contributed by atoms with Crippen LogP contribution in [0.3, 0.4) is 0 Å². The molecule has 0 aliphatic carbocycles. The Bertz CT molecular complexity index is 825. The maximum absolute atomic E-state index is 12.8. The van der Waals surface area contributed by atoms with E-state index in [0.717, 1.165) is 16.9 Å². The second-order valence-corrected chi connectivity index (χ2v) is 9.25. The third-order valence-electron chi connectivity index (χ3n) is 2.62. The zero-order chi connectivity index (χ0) is 20.6. The maximum Gasteiger partial charge on any atom is 1.00 e. The zero-order valence-corrected chi connectivity index (χ0v) is 15.0. The molecule has 0 aliphatic heterocycles. The van der Waals surface area contributed by atoms with E-state index in [1.807, 2.05) is 0 Å². The first-order chi connectivity index (χ1) is 11.4.